The molecule has 0 radical (unpaired) electrons. The van der Waals surface area contributed by atoms with E-state index in [4.69, 9.17) is 5.73 Å². The Morgan fingerprint density at radius 3 is 2.86 bits per heavy atom. The fourth-order valence-electron chi connectivity index (χ4n) is 3.40. The van der Waals surface area contributed by atoms with Gasteiger partial charge in [-0.15, -0.1) is 0 Å². The van der Waals surface area contributed by atoms with Crippen molar-refractivity contribution in [3.8, 4) is 0 Å². The summed E-state index contributed by atoms with van der Waals surface area (Å²) in [7, 11) is 1.88. The second-order valence-electron chi connectivity index (χ2n) is 6.74. The van der Waals surface area contributed by atoms with Crippen LogP contribution in [0, 0.1) is 17.8 Å². The number of nitrogens with zero attached hydrogens (tertiary/aromatic N) is 2. The fourth-order valence-corrected chi connectivity index (χ4v) is 3.40. The Morgan fingerprint density at radius 1 is 1.52 bits per heavy atom. The molecular weight excluding hydrogens is 264 g/mol. The van der Waals surface area contributed by atoms with Crippen molar-refractivity contribution in [2.75, 3.05) is 6.54 Å². The molecular formula is C16H28N4O. The minimum atomic E-state index is -0.233. The number of hydrogen-bond donors (Lipinski definition) is 2. The third-order valence-electron chi connectivity index (χ3n) is 4.70. The first-order valence-corrected chi connectivity index (χ1v) is 7.96. The van der Waals surface area contributed by atoms with Crippen molar-refractivity contribution in [3.05, 3.63) is 18.0 Å². The predicted octanol–water partition coefficient (Wildman–Crippen LogP) is 1.48. The van der Waals surface area contributed by atoms with E-state index in [9.17, 15) is 4.79 Å². The minimum absolute atomic E-state index is 0.166. The molecule has 0 spiro atoms. The lowest BCUT2D eigenvalue weighted by Crippen LogP contribution is -2.44. The van der Waals surface area contributed by atoms with Crippen LogP contribution >= 0.6 is 0 Å². The highest BCUT2D eigenvalue weighted by Gasteiger charge is 2.26. The van der Waals surface area contributed by atoms with E-state index in [1.165, 1.54) is 19.3 Å². The van der Waals surface area contributed by atoms with Crippen molar-refractivity contribution in [1.82, 2.24) is 15.1 Å². The Morgan fingerprint density at radius 2 is 2.29 bits per heavy atom. The number of carbonyl (C=O) groups is 1. The first-order chi connectivity index (χ1) is 9.95. The van der Waals surface area contributed by atoms with Gasteiger partial charge in [0.05, 0.1) is 12.1 Å². The summed E-state index contributed by atoms with van der Waals surface area (Å²) in [4.78, 5) is 11.7. The molecule has 3 N–H and O–H groups in total. The molecule has 1 aliphatic rings. The van der Waals surface area contributed by atoms with Crippen LogP contribution in [0.25, 0.3) is 0 Å². The maximum atomic E-state index is 11.7. The van der Waals surface area contributed by atoms with Crippen LogP contribution in [-0.4, -0.2) is 28.3 Å². The third kappa shape index (κ3) is 4.56. The Bertz CT molecular complexity index is 471. The van der Waals surface area contributed by atoms with Crippen LogP contribution in [0.1, 0.15) is 38.7 Å². The van der Waals surface area contributed by atoms with Crippen LogP contribution in [0.4, 0.5) is 0 Å². The van der Waals surface area contributed by atoms with E-state index < -0.39 is 0 Å². The van der Waals surface area contributed by atoms with Gasteiger partial charge in [-0.3, -0.25) is 9.48 Å². The van der Waals surface area contributed by atoms with Gasteiger partial charge in [0.15, 0.2) is 0 Å². The highest BCUT2D eigenvalue weighted by atomic mass is 16.1. The first-order valence-electron chi connectivity index (χ1n) is 7.96. The average molecular weight is 292 g/mol. The van der Waals surface area contributed by atoms with Gasteiger partial charge >= 0.3 is 0 Å². The van der Waals surface area contributed by atoms with E-state index in [-0.39, 0.29) is 11.8 Å². The van der Waals surface area contributed by atoms with Crippen LogP contribution in [0.3, 0.4) is 0 Å². The van der Waals surface area contributed by atoms with Gasteiger partial charge in [-0.25, -0.2) is 0 Å². The quantitative estimate of drug-likeness (QED) is 0.834. The number of aryl methyl sites for hydroxylation is 1. The summed E-state index contributed by atoms with van der Waals surface area (Å²) in [5, 5.41) is 7.72. The Labute approximate surface area is 127 Å². The van der Waals surface area contributed by atoms with E-state index in [1.807, 2.05) is 13.2 Å². The van der Waals surface area contributed by atoms with Gasteiger partial charge in [-0.05, 0) is 43.1 Å². The maximum Gasteiger partial charge on any atom is 0.222 e. The van der Waals surface area contributed by atoms with E-state index in [0.29, 0.717) is 24.9 Å². The predicted molar refractivity (Wildman–Crippen MR) is 83.6 cm³/mol. The molecule has 118 valence electrons. The summed E-state index contributed by atoms with van der Waals surface area (Å²) in [6, 6.07) is 0.511. The number of primary amides is 1. The second-order valence-corrected chi connectivity index (χ2v) is 6.74. The fraction of sp³-hybridized carbons (Fsp3) is 0.750. The number of carbonyl (C=O) groups excluding carboxylic acids is 1. The van der Waals surface area contributed by atoms with Crippen molar-refractivity contribution < 1.29 is 4.79 Å². The van der Waals surface area contributed by atoms with Crippen molar-refractivity contribution in [2.45, 2.75) is 45.6 Å². The first kappa shape index (κ1) is 16.0. The van der Waals surface area contributed by atoms with Gasteiger partial charge in [-0.1, -0.05) is 13.8 Å². The zero-order chi connectivity index (χ0) is 15.4. The van der Waals surface area contributed by atoms with Gasteiger partial charge in [0, 0.05) is 25.8 Å². The molecule has 1 aliphatic carbocycles. The Hall–Kier alpha value is -1.36. The topological polar surface area (TPSA) is 72.9 Å². The van der Waals surface area contributed by atoms with Gasteiger partial charge in [-0.2, -0.15) is 5.10 Å². The molecule has 1 saturated carbocycles. The number of nitrogens with one attached hydrogen (secondary N) is 1. The number of rotatable bonds is 6. The summed E-state index contributed by atoms with van der Waals surface area (Å²) < 4.78 is 1.76. The highest BCUT2D eigenvalue weighted by molar-refractivity contribution is 5.77. The Balaban J connectivity index is 1.87. The lowest BCUT2D eigenvalue weighted by atomic mass is 9.79. The summed E-state index contributed by atoms with van der Waals surface area (Å²) in [5.41, 5.74) is 6.62. The second kappa shape index (κ2) is 7.07. The summed E-state index contributed by atoms with van der Waals surface area (Å²) in [6.45, 7) is 5.28. The van der Waals surface area contributed by atoms with Crippen molar-refractivity contribution in [3.63, 3.8) is 0 Å². The molecule has 0 saturated heterocycles. The molecule has 1 heterocycles. The molecule has 1 amide bonds. The molecule has 0 aliphatic heterocycles. The number of nitrogens with two attached hydrogens (primary N) is 1. The number of aromatic nitrogens is 2. The monoisotopic (exact) mass is 292 g/mol. The smallest absolute Gasteiger partial charge is 0.222 e. The third-order valence-corrected chi connectivity index (χ3v) is 4.70. The molecule has 21 heavy (non-hydrogen) atoms. The van der Waals surface area contributed by atoms with Gasteiger partial charge in [0.2, 0.25) is 5.91 Å². The highest BCUT2D eigenvalue weighted by Crippen LogP contribution is 2.28. The van der Waals surface area contributed by atoms with E-state index in [0.717, 1.165) is 11.5 Å². The zero-order valence-electron chi connectivity index (χ0n) is 13.4. The van der Waals surface area contributed by atoms with Crippen LogP contribution in [-0.2, 0) is 18.3 Å². The molecule has 1 aromatic heterocycles. The van der Waals surface area contributed by atoms with Crippen molar-refractivity contribution in [2.24, 2.45) is 30.5 Å². The molecule has 1 aromatic rings. The van der Waals surface area contributed by atoms with Crippen molar-refractivity contribution in [1.29, 1.82) is 0 Å². The molecule has 1 fully saturated rings. The molecule has 0 bridgehead atoms. The standard InChI is InChI=1S/C16H28N4O/c1-11-4-5-15(12(2)6-11)18-9-14(16(17)21)7-13-8-19-20(3)10-13/h8,10-12,14-15,18H,4-7,9H2,1-3H3,(H2,17,21)/t11-,12+,14+,15+/m1/s1. The van der Waals surface area contributed by atoms with Gasteiger partial charge < -0.3 is 11.1 Å². The maximum absolute atomic E-state index is 11.7. The summed E-state index contributed by atoms with van der Waals surface area (Å²) in [5.74, 6) is 1.09. The SMILES string of the molecule is C[C@@H]1CC[C@H](NC[C@H](Cc2cnn(C)c2)C(N)=O)[C@@H](C)C1. The van der Waals surface area contributed by atoms with Crippen LogP contribution in [0.5, 0.6) is 0 Å². The average Bonchev–Trinajstić information content (AvgIpc) is 2.81. The lowest BCUT2D eigenvalue weighted by molar-refractivity contribution is -0.121. The number of hydrogen-bond acceptors (Lipinski definition) is 3. The molecule has 0 unspecified atom stereocenters. The zero-order valence-corrected chi connectivity index (χ0v) is 13.4. The normalized spacial score (nSPS) is 27.5. The number of amides is 1. The summed E-state index contributed by atoms with van der Waals surface area (Å²) in [6.07, 6.45) is 8.14. The molecule has 4 atom stereocenters. The van der Waals surface area contributed by atoms with E-state index >= 15 is 0 Å². The van der Waals surface area contributed by atoms with Crippen LogP contribution in [0.2, 0.25) is 0 Å². The van der Waals surface area contributed by atoms with Crippen molar-refractivity contribution >= 4 is 5.91 Å². The van der Waals surface area contributed by atoms with E-state index in [2.05, 4.69) is 24.3 Å². The largest absolute Gasteiger partial charge is 0.369 e. The van der Waals surface area contributed by atoms with Gasteiger partial charge in [0.25, 0.3) is 0 Å². The van der Waals surface area contributed by atoms with Crippen LogP contribution in [0.15, 0.2) is 12.4 Å². The lowest BCUT2D eigenvalue weighted by Gasteiger charge is -2.34. The minimum Gasteiger partial charge on any atom is -0.369 e. The Kier molecular flexibility index (Phi) is 5.39. The molecule has 2 rings (SSSR count). The molecule has 5 heteroatoms. The molecule has 0 aromatic carbocycles. The van der Waals surface area contributed by atoms with E-state index in [1.54, 1.807) is 10.9 Å². The summed E-state index contributed by atoms with van der Waals surface area (Å²) >= 11 is 0. The van der Waals surface area contributed by atoms with Crippen LogP contribution < -0.4 is 11.1 Å². The van der Waals surface area contributed by atoms with Gasteiger partial charge in [0.1, 0.15) is 0 Å². The molecule has 5 nitrogen and oxygen atoms in total.